The Morgan fingerprint density at radius 2 is 1.52 bits per heavy atom. The number of benzene rings is 3. The molecule has 4 aromatic rings. The number of halogens is 1. The minimum atomic E-state index is -0.244. The average Bonchev–Trinajstić information content (AvgIpc) is 2.99. The summed E-state index contributed by atoms with van der Waals surface area (Å²) in [6, 6.07) is 21.1. The summed E-state index contributed by atoms with van der Waals surface area (Å²) in [4.78, 5) is 0. The highest BCUT2D eigenvalue weighted by Crippen LogP contribution is 2.26. The van der Waals surface area contributed by atoms with Gasteiger partial charge < -0.3 is 0 Å². The summed E-state index contributed by atoms with van der Waals surface area (Å²) in [6.07, 6.45) is 1.84. The summed E-state index contributed by atoms with van der Waals surface area (Å²) in [5.41, 5.74) is 5.46. The van der Waals surface area contributed by atoms with Crippen molar-refractivity contribution in [2.75, 3.05) is 0 Å². The number of aryl methyl sites for hydroxylation is 1. The lowest BCUT2D eigenvalue weighted by atomic mass is 10.0. The second-order valence-electron chi connectivity index (χ2n) is 5.67. The Hall–Kier alpha value is -2.94. The summed E-state index contributed by atoms with van der Waals surface area (Å²) >= 11 is 0. The molecule has 0 saturated carbocycles. The first-order valence-corrected chi connectivity index (χ1v) is 7.51. The number of hydrogen-bond donors (Lipinski definition) is 0. The Kier molecular flexibility index (Phi) is 3.19. The van der Waals surface area contributed by atoms with Gasteiger partial charge in [0.1, 0.15) is 5.82 Å². The van der Waals surface area contributed by atoms with Crippen molar-refractivity contribution in [3.8, 4) is 16.8 Å². The fourth-order valence-corrected chi connectivity index (χ4v) is 2.75. The first-order valence-electron chi connectivity index (χ1n) is 7.51. The Labute approximate surface area is 133 Å². The highest BCUT2D eigenvalue weighted by molar-refractivity contribution is 5.85. The van der Waals surface area contributed by atoms with Gasteiger partial charge in [-0.3, -0.25) is 0 Å². The lowest BCUT2D eigenvalue weighted by Crippen LogP contribution is -1.95. The van der Waals surface area contributed by atoms with E-state index in [0.717, 1.165) is 22.2 Å². The molecule has 1 aromatic heterocycles. The molecule has 0 aliphatic carbocycles. The molecular weight excluding hydrogens is 287 g/mol. The van der Waals surface area contributed by atoms with Gasteiger partial charge in [0.05, 0.1) is 17.4 Å². The summed E-state index contributed by atoms with van der Waals surface area (Å²) in [7, 11) is 0. The van der Waals surface area contributed by atoms with Crippen LogP contribution in [0.15, 0.2) is 72.9 Å². The summed E-state index contributed by atoms with van der Waals surface area (Å²) < 4.78 is 14.9. The van der Waals surface area contributed by atoms with Gasteiger partial charge in [-0.15, -0.1) is 0 Å². The molecule has 0 fully saturated rings. The Morgan fingerprint density at radius 3 is 2.26 bits per heavy atom. The highest BCUT2D eigenvalue weighted by atomic mass is 19.1. The van der Waals surface area contributed by atoms with E-state index in [2.05, 4.69) is 54.5 Å². The van der Waals surface area contributed by atoms with Crippen molar-refractivity contribution < 1.29 is 4.39 Å². The van der Waals surface area contributed by atoms with Crippen molar-refractivity contribution in [3.63, 3.8) is 0 Å². The molecule has 0 aliphatic rings. The van der Waals surface area contributed by atoms with Gasteiger partial charge in [0.15, 0.2) is 0 Å². The zero-order valence-corrected chi connectivity index (χ0v) is 12.7. The zero-order chi connectivity index (χ0) is 15.8. The topological polar surface area (TPSA) is 17.8 Å². The lowest BCUT2D eigenvalue weighted by molar-refractivity contribution is 0.627. The third kappa shape index (κ3) is 2.50. The van der Waals surface area contributed by atoms with Crippen LogP contribution in [0.3, 0.4) is 0 Å². The standard InChI is InChI=1S/C20H15FN2/c1-14-2-4-15(5-3-14)16-6-11-20-17(12-16)13-22-23(20)19-9-7-18(21)8-10-19/h2-13H,1H3. The average molecular weight is 302 g/mol. The fraction of sp³-hybridized carbons (Fsp3) is 0.0500. The van der Waals surface area contributed by atoms with Crippen LogP contribution in [0.4, 0.5) is 4.39 Å². The van der Waals surface area contributed by atoms with Crippen LogP contribution in [-0.2, 0) is 0 Å². The smallest absolute Gasteiger partial charge is 0.123 e. The van der Waals surface area contributed by atoms with E-state index in [1.807, 2.05) is 10.9 Å². The maximum absolute atomic E-state index is 13.1. The maximum atomic E-state index is 13.1. The van der Waals surface area contributed by atoms with Gasteiger partial charge in [0, 0.05) is 5.39 Å². The Balaban J connectivity index is 1.79. The maximum Gasteiger partial charge on any atom is 0.123 e. The lowest BCUT2D eigenvalue weighted by Gasteiger charge is -2.05. The third-order valence-electron chi connectivity index (χ3n) is 4.02. The van der Waals surface area contributed by atoms with Gasteiger partial charge in [0.25, 0.3) is 0 Å². The van der Waals surface area contributed by atoms with Gasteiger partial charge in [-0.2, -0.15) is 5.10 Å². The first kappa shape index (κ1) is 13.7. The van der Waals surface area contributed by atoms with Crippen molar-refractivity contribution in [1.29, 1.82) is 0 Å². The van der Waals surface area contributed by atoms with E-state index in [-0.39, 0.29) is 5.82 Å². The molecule has 0 saturated heterocycles. The number of rotatable bonds is 2. The summed E-state index contributed by atoms with van der Waals surface area (Å²) in [5.74, 6) is -0.244. The van der Waals surface area contributed by atoms with E-state index in [0.29, 0.717) is 0 Å². The number of aromatic nitrogens is 2. The molecule has 0 N–H and O–H groups in total. The van der Waals surface area contributed by atoms with Crippen LogP contribution in [0.1, 0.15) is 5.56 Å². The summed E-state index contributed by atoms with van der Waals surface area (Å²) in [5, 5.41) is 5.50. The van der Waals surface area contributed by atoms with Crippen LogP contribution in [0.25, 0.3) is 27.7 Å². The molecule has 0 aliphatic heterocycles. The molecular formula is C20H15FN2. The molecule has 0 bridgehead atoms. The molecule has 2 nitrogen and oxygen atoms in total. The fourth-order valence-electron chi connectivity index (χ4n) is 2.75. The van der Waals surface area contributed by atoms with Crippen molar-refractivity contribution in [3.05, 3.63) is 84.3 Å². The van der Waals surface area contributed by atoms with Crippen LogP contribution in [0.2, 0.25) is 0 Å². The Morgan fingerprint density at radius 1 is 0.826 bits per heavy atom. The van der Waals surface area contributed by atoms with Crippen molar-refractivity contribution in [2.45, 2.75) is 6.92 Å². The zero-order valence-electron chi connectivity index (χ0n) is 12.7. The molecule has 112 valence electrons. The van der Waals surface area contributed by atoms with Crippen LogP contribution in [0.5, 0.6) is 0 Å². The van der Waals surface area contributed by atoms with E-state index < -0.39 is 0 Å². The molecule has 1 heterocycles. The molecule has 0 unspecified atom stereocenters. The molecule has 0 radical (unpaired) electrons. The van der Waals surface area contributed by atoms with Crippen LogP contribution < -0.4 is 0 Å². The van der Waals surface area contributed by atoms with Crippen LogP contribution in [-0.4, -0.2) is 9.78 Å². The minimum absolute atomic E-state index is 0.244. The van der Waals surface area contributed by atoms with Crippen molar-refractivity contribution in [2.24, 2.45) is 0 Å². The largest absolute Gasteiger partial charge is 0.233 e. The molecule has 3 aromatic carbocycles. The third-order valence-corrected chi connectivity index (χ3v) is 4.02. The molecule has 0 atom stereocenters. The molecule has 4 rings (SSSR count). The van der Waals surface area contributed by atoms with E-state index in [4.69, 9.17) is 0 Å². The SMILES string of the molecule is Cc1ccc(-c2ccc3c(cnn3-c3ccc(F)cc3)c2)cc1. The molecule has 3 heteroatoms. The minimum Gasteiger partial charge on any atom is -0.233 e. The molecule has 0 spiro atoms. The molecule has 0 amide bonds. The predicted molar refractivity (Wildman–Crippen MR) is 91.2 cm³/mol. The van der Waals surface area contributed by atoms with E-state index in [9.17, 15) is 4.39 Å². The van der Waals surface area contributed by atoms with E-state index in [1.54, 1.807) is 12.1 Å². The number of hydrogen-bond acceptors (Lipinski definition) is 1. The quantitative estimate of drug-likeness (QED) is 0.501. The van der Waals surface area contributed by atoms with Crippen molar-refractivity contribution in [1.82, 2.24) is 9.78 Å². The van der Waals surface area contributed by atoms with Gasteiger partial charge >= 0.3 is 0 Å². The predicted octanol–water partition coefficient (Wildman–Crippen LogP) is 5.14. The second-order valence-corrected chi connectivity index (χ2v) is 5.67. The Bertz CT molecular complexity index is 967. The van der Waals surface area contributed by atoms with E-state index in [1.165, 1.54) is 23.3 Å². The second kappa shape index (κ2) is 5.36. The number of fused-ring (bicyclic) bond motifs is 1. The van der Waals surface area contributed by atoms with Crippen LogP contribution >= 0.6 is 0 Å². The highest BCUT2D eigenvalue weighted by Gasteiger charge is 2.07. The van der Waals surface area contributed by atoms with Crippen LogP contribution in [0, 0.1) is 12.7 Å². The monoisotopic (exact) mass is 302 g/mol. The molecule has 23 heavy (non-hydrogen) atoms. The first-order chi connectivity index (χ1) is 11.2. The van der Waals surface area contributed by atoms with Gasteiger partial charge in [0.2, 0.25) is 0 Å². The van der Waals surface area contributed by atoms with Gasteiger partial charge in [-0.05, 0) is 54.4 Å². The normalized spacial score (nSPS) is 11.0. The van der Waals surface area contributed by atoms with Gasteiger partial charge in [-0.25, -0.2) is 9.07 Å². The van der Waals surface area contributed by atoms with E-state index >= 15 is 0 Å². The number of nitrogens with zero attached hydrogens (tertiary/aromatic N) is 2. The summed E-state index contributed by atoms with van der Waals surface area (Å²) in [6.45, 7) is 2.08. The van der Waals surface area contributed by atoms with Gasteiger partial charge in [-0.1, -0.05) is 35.9 Å². The van der Waals surface area contributed by atoms with Crippen molar-refractivity contribution >= 4 is 10.9 Å².